The van der Waals surface area contributed by atoms with E-state index in [4.69, 9.17) is 56.4 Å². The summed E-state index contributed by atoms with van der Waals surface area (Å²) in [5.41, 5.74) is 12.5. The van der Waals surface area contributed by atoms with Gasteiger partial charge in [-0.3, -0.25) is 0 Å². The molecule has 0 saturated heterocycles. The van der Waals surface area contributed by atoms with Gasteiger partial charge in [0.1, 0.15) is 0 Å². The lowest BCUT2D eigenvalue weighted by molar-refractivity contribution is 1.31. The van der Waals surface area contributed by atoms with E-state index in [1.165, 1.54) is 0 Å². The fraction of sp³-hybridized carbons (Fsp3) is 0.0256. The van der Waals surface area contributed by atoms with Gasteiger partial charge in [-0.05, 0) is 91.4 Å². The van der Waals surface area contributed by atoms with Gasteiger partial charge in [-0.15, -0.1) is 0 Å². The average molecular weight is 690 g/mol. The largest absolute Gasteiger partial charge is 0.355 e. The molecule has 0 unspecified atom stereocenters. The molecule has 47 heavy (non-hydrogen) atoms. The number of aromatic nitrogens is 4. The predicted molar refractivity (Wildman–Crippen MR) is 200 cm³/mol. The second kappa shape index (κ2) is 11.9. The molecule has 0 atom stereocenters. The Labute approximate surface area is 291 Å². The average Bonchev–Trinajstić information content (AvgIpc) is 3.87. The lowest BCUT2D eigenvalue weighted by Crippen LogP contribution is -1.90. The highest BCUT2D eigenvalue weighted by molar-refractivity contribution is 6.40. The molecule has 0 aliphatic carbocycles. The van der Waals surface area contributed by atoms with Crippen LogP contribution in [0.1, 0.15) is 28.3 Å². The van der Waals surface area contributed by atoms with Crippen molar-refractivity contribution in [3.63, 3.8) is 0 Å². The Balaban J connectivity index is 1.56. The molecule has 0 spiro atoms. The van der Waals surface area contributed by atoms with Crippen LogP contribution in [0.4, 0.5) is 0 Å². The third-order valence-electron chi connectivity index (χ3n) is 8.34. The van der Waals surface area contributed by atoms with Gasteiger partial charge in [0, 0.05) is 49.9 Å². The van der Waals surface area contributed by atoms with Crippen molar-refractivity contribution in [3.8, 4) is 33.4 Å². The van der Waals surface area contributed by atoms with Gasteiger partial charge in [0.25, 0.3) is 0 Å². The lowest BCUT2D eigenvalue weighted by Gasteiger charge is -2.09. The summed E-state index contributed by atoms with van der Waals surface area (Å²) >= 11 is 27.3. The molecule has 0 amide bonds. The lowest BCUT2D eigenvalue weighted by atomic mass is 10.0. The molecule has 3 aromatic carbocycles. The van der Waals surface area contributed by atoms with Crippen molar-refractivity contribution in [2.45, 2.75) is 6.92 Å². The first-order valence-corrected chi connectivity index (χ1v) is 16.4. The van der Waals surface area contributed by atoms with Crippen LogP contribution in [0.2, 0.25) is 20.1 Å². The highest BCUT2D eigenvalue weighted by atomic mass is 35.5. The Morgan fingerprint density at radius 2 is 0.957 bits per heavy atom. The SMILES string of the molecule is Cc1ccc(-c2c3nc(c(-c4c(Cl)cccc4Cl)c4ccc(cc5nc(c(-c6c(Cl)cccc6Cl)c6ccc2[nH]6)C=C5)[nH]4)C=C3)cc1. The van der Waals surface area contributed by atoms with Crippen molar-refractivity contribution >= 4 is 92.8 Å². The molecule has 6 aromatic rings. The Hall–Kier alpha value is -4.58. The molecule has 8 bridgehead atoms. The van der Waals surface area contributed by atoms with E-state index in [2.05, 4.69) is 47.2 Å². The predicted octanol–water partition coefficient (Wildman–Crippen LogP) is 12.6. The molecule has 8 heteroatoms. The van der Waals surface area contributed by atoms with Gasteiger partial charge in [-0.1, -0.05) is 88.4 Å². The van der Waals surface area contributed by atoms with Crippen LogP contribution in [-0.4, -0.2) is 19.9 Å². The Kier molecular flexibility index (Phi) is 7.54. The van der Waals surface area contributed by atoms with E-state index in [0.29, 0.717) is 31.2 Å². The maximum absolute atomic E-state index is 6.82. The van der Waals surface area contributed by atoms with Crippen LogP contribution in [0.15, 0.2) is 91.0 Å². The summed E-state index contributed by atoms with van der Waals surface area (Å²) in [4.78, 5) is 17.5. The summed E-state index contributed by atoms with van der Waals surface area (Å²) in [6.07, 6.45) is 8.01. The van der Waals surface area contributed by atoms with Gasteiger partial charge in [-0.25, -0.2) is 9.97 Å². The molecule has 0 radical (unpaired) electrons. The van der Waals surface area contributed by atoms with Gasteiger partial charge in [-0.2, -0.15) is 0 Å². The highest BCUT2D eigenvalue weighted by Gasteiger charge is 2.20. The number of hydrogen-bond donors (Lipinski definition) is 2. The minimum Gasteiger partial charge on any atom is -0.355 e. The van der Waals surface area contributed by atoms with Crippen molar-refractivity contribution in [2.24, 2.45) is 0 Å². The molecule has 4 nitrogen and oxygen atoms in total. The molecule has 228 valence electrons. The maximum Gasteiger partial charge on any atom is 0.0738 e. The van der Waals surface area contributed by atoms with Crippen molar-refractivity contribution < 1.29 is 0 Å². The number of halogens is 4. The normalized spacial score (nSPS) is 12.2. The quantitative estimate of drug-likeness (QED) is 0.194. The van der Waals surface area contributed by atoms with Gasteiger partial charge in [0.2, 0.25) is 0 Å². The van der Waals surface area contributed by atoms with Crippen LogP contribution in [0.3, 0.4) is 0 Å². The number of rotatable bonds is 3. The number of nitrogens with one attached hydrogen (secondary N) is 2. The molecular weight excluding hydrogens is 666 g/mol. The Morgan fingerprint density at radius 3 is 1.57 bits per heavy atom. The molecule has 3 aromatic heterocycles. The van der Waals surface area contributed by atoms with Crippen LogP contribution in [0.25, 0.3) is 79.8 Å². The second-order valence-corrected chi connectivity index (χ2v) is 13.0. The van der Waals surface area contributed by atoms with E-state index in [-0.39, 0.29) is 0 Å². The summed E-state index contributed by atoms with van der Waals surface area (Å²) < 4.78 is 0. The van der Waals surface area contributed by atoms with Crippen LogP contribution < -0.4 is 0 Å². The zero-order valence-electron chi connectivity index (χ0n) is 24.9. The molecule has 2 aliphatic rings. The fourth-order valence-electron chi connectivity index (χ4n) is 6.16. The highest BCUT2D eigenvalue weighted by Crippen LogP contribution is 2.42. The summed E-state index contributed by atoms with van der Waals surface area (Å²) in [6.45, 7) is 2.07. The molecular formula is C39H24Cl4N4. The third-order valence-corrected chi connectivity index (χ3v) is 9.60. The first kappa shape index (κ1) is 29.8. The Bertz CT molecular complexity index is 2380. The zero-order chi connectivity index (χ0) is 32.2. The number of fused-ring (bicyclic) bond motifs is 8. The van der Waals surface area contributed by atoms with Crippen molar-refractivity contribution in [1.82, 2.24) is 19.9 Å². The number of H-pyrrole nitrogens is 2. The number of nitrogens with zero attached hydrogens (tertiary/aromatic N) is 2. The minimum absolute atomic E-state index is 0.534. The second-order valence-electron chi connectivity index (χ2n) is 11.4. The van der Waals surface area contributed by atoms with Gasteiger partial charge in [0.15, 0.2) is 0 Å². The first-order chi connectivity index (χ1) is 22.8. The van der Waals surface area contributed by atoms with E-state index in [0.717, 1.165) is 72.7 Å². The van der Waals surface area contributed by atoms with Crippen molar-refractivity contribution in [3.05, 3.63) is 139 Å². The zero-order valence-corrected chi connectivity index (χ0v) is 27.9. The van der Waals surface area contributed by atoms with Crippen molar-refractivity contribution in [1.29, 1.82) is 0 Å². The minimum atomic E-state index is 0.534. The molecule has 8 rings (SSSR count). The Morgan fingerprint density at radius 1 is 0.468 bits per heavy atom. The molecule has 0 fully saturated rings. The van der Waals surface area contributed by atoms with Crippen molar-refractivity contribution in [2.75, 3.05) is 0 Å². The smallest absolute Gasteiger partial charge is 0.0738 e. The molecule has 0 saturated carbocycles. The number of aromatic amines is 2. The van der Waals surface area contributed by atoms with Gasteiger partial charge >= 0.3 is 0 Å². The van der Waals surface area contributed by atoms with E-state index in [1.807, 2.05) is 85.0 Å². The van der Waals surface area contributed by atoms with Crippen LogP contribution in [0.5, 0.6) is 0 Å². The number of hydrogen-bond acceptors (Lipinski definition) is 2. The monoisotopic (exact) mass is 688 g/mol. The van der Waals surface area contributed by atoms with Crippen LogP contribution in [-0.2, 0) is 0 Å². The fourth-order valence-corrected chi connectivity index (χ4v) is 7.34. The van der Waals surface area contributed by atoms with E-state index in [1.54, 1.807) is 0 Å². The van der Waals surface area contributed by atoms with Gasteiger partial charge in [0.05, 0.1) is 42.9 Å². The van der Waals surface area contributed by atoms with Crippen LogP contribution >= 0.6 is 46.4 Å². The maximum atomic E-state index is 6.82. The third kappa shape index (κ3) is 5.38. The van der Waals surface area contributed by atoms with E-state index < -0.39 is 0 Å². The molecule has 2 N–H and O–H groups in total. The number of benzene rings is 3. The molecule has 2 aliphatic heterocycles. The summed E-state index contributed by atoms with van der Waals surface area (Å²) in [6, 6.07) is 29.6. The van der Waals surface area contributed by atoms with Crippen LogP contribution in [0, 0.1) is 6.92 Å². The van der Waals surface area contributed by atoms with Gasteiger partial charge < -0.3 is 9.97 Å². The summed E-state index contributed by atoms with van der Waals surface area (Å²) in [7, 11) is 0. The summed E-state index contributed by atoms with van der Waals surface area (Å²) in [5, 5.41) is 2.14. The van der Waals surface area contributed by atoms with E-state index >= 15 is 0 Å². The topological polar surface area (TPSA) is 57.4 Å². The molecule has 5 heterocycles. The summed E-state index contributed by atoms with van der Waals surface area (Å²) in [5.74, 6) is 0. The standard InChI is InChI=1S/C39H24Cl4N4/c1-21-8-10-22(11-9-21)35-29-16-18-33(46-29)38(36-25(40)4-2-5-26(36)41)31-14-12-23(44-31)20-24-13-15-32(45-24)39(34-19-17-30(35)47-34)37-27(42)6-3-7-28(37)43/h2-20,44,47H,1H3. The first-order valence-electron chi connectivity index (χ1n) is 14.9. The number of aryl methyl sites for hydroxylation is 1. The van der Waals surface area contributed by atoms with E-state index in [9.17, 15) is 0 Å².